The Kier molecular flexibility index (Phi) is 5.75. The Morgan fingerprint density at radius 3 is 2.62 bits per heavy atom. The number of hydrogen-bond acceptors (Lipinski definition) is 3. The highest BCUT2D eigenvalue weighted by molar-refractivity contribution is 5.92. The van der Waals surface area contributed by atoms with Crippen molar-refractivity contribution >= 4 is 17.5 Å². The highest BCUT2D eigenvalue weighted by Crippen LogP contribution is 2.12. The number of benzene rings is 1. The highest BCUT2D eigenvalue weighted by atomic mass is 16.2. The van der Waals surface area contributed by atoms with E-state index in [2.05, 4.69) is 10.6 Å². The van der Waals surface area contributed by atoms with E-state index in [1.54, 1.807) is 0 Å². The van der Waals surface area contributed by atoms with Crippen LogP contribution in [0.15, 0.2) is 24.3 Å². The first-order chi connectivity index (χ1) is 10.2. The van der Waals surface area contributed by atoms with Gasteiger partial charge in [-0.05, 0) is 31.4 Å². The van der Waals surface area contributed by atoms with Crippen LogP contribution >= 0.6 is 0 Å². The molecule has 1 heterocycles. The standard InChI is InChI=1S/C16H23N3O2/c1-13-6-2-3-7-14(13)18-15(20)12-17-9-8-16(21)19-10-4-5-11-19/h2-3,6-7,17H,4-5,8-12H2,1H3,(H,18,20). The van der Waals surface area contributed by atoms with Gasteiger partial charge in [0, 0.05) is 31.7 Å². The molecule has 1 aromatic rings. The van der Waals surface area contributed by atoms with Crippen molar-refractivity contribution in [2.24, 2.45) is 0 Å². The Balaban J connectivity index is 1.63. The molecule has 1 aliphatic rings. The monoisotopic (exact) mass is 289 g/mol. The van der Waals surface area contributed by atoms with Gasteiger partial charge in [-0.1, -0.05) is 18.2 Å². The van der Waals surface area contributed by atoms with Crippen molar-refractivity contribution in [1.82, 2.24) is 10.2 Å². The van der Waals surface area contributed by atoms with Crippen LogP contribution in [0.5, 0.6) is 0 Å². The van der Waals surface area contributed by atoms with Crippen molar-refractivity contribution in [3.63, 3.8) is 0 Å². The summed E-state index contributed by atoms with van der Waals surface area (Å²) in [5, 5.41) is 5.88. The summed E-state index contributed by atoms with van der Waals surface area (Å²) in [4.78, 5) is 25.5. The summed E-state index contributed by atoms with van der Waals surface area (Å²) in [5.74, 6) is 0.0947. The molecule has 0 radical (unpaired) electrons. The van der Waals surface area contributed by atoms with Crippen LogP contribution in [-0.4, -0.2) is 42.9 Å². The molecule has 0 saturated carbocycles. The van der Waals surface area contributed by atoms with Crippen LogP contribution in [0.1, 0.15) is 24.8 Å². The predicted octanol–water partition coefficient (Wildman–Crippen LogP) is 1.54. The number of nitrogens with one attached hydrogen (secondary N) is 2. The van der Waals surface area contributed by atoms with Crippen molar-refractivity contribution in [2.45, 2.75) is 26.2 Å². The number of hydrogen-bond donors (Lipinski definition) is 2. The summed E-state index contributed by atoms with van der Waals surface area (Å²) in [7, 11) is 0. The van der Waals surface area contributed by atoms with Gasteiger partial charge < -0.3 is 15.5 Å². The van der Waals surface area contributed by atoms with Gasteiger partial charge in [0.2, 0.25) is 11.8 Å². The van der Waals surface area contributed by atoms with Crippen LogP contribution in [0.2, 0.25) is 0 Å². The Hall–Kier alpha value is -1.88. The lowest BCUT2D eigenvalue weighted by atomic mass is 10.2. The predicted molar refractivity (Wildman–Crippen MR) is 83.1 cm³/mol. The second-order valence-corrected chi connectivity index (χ2v) is 5.38. The molecular weight excluding hydrogens is 266 g/mol. The summed E-state index contributed by atoms with van der Waals surface area (Å²) in [6.45, 7) is 4.48. The van der Waals surface area contributed by atoms with Gasteiger partial charge in [0.1, 0.15) is 0 Å². The largest absolute Gasteiger partial charge is 0.343 e. The Labute approximate surface area is 125 Å². The molecule has 2 rings (SSSR count). The normalized spacial score (nSPS) is 14.2. The van der Waals surface area contributed by atoms with Crippen LogP contribution in [0.3, 0.4) is 0 Å². The molecular formula is C16H23N3O2. The lowest BCUT2D eigenvalue weighted by molar-refractivity contribution is -0.130. The average Bonchev–Trinajstić information content (AvgIpc) is 3.00. The molecule has 1 aromatic carbocycles. The lowest BCUT2D eigenvalue weighted by Gasteiger charge is -2.15. The molecule has 0 unspecified atom stereocenters. The topological polar surface area (TPSA) is 61.4 Å². The Morgan fingerprint density at radius 2 is 1.90 bits per heavy atom. The number of carbonyl (C=O) groups excluding carboxylic acids is 2. The average molecular weight is 289 g/mol. The summed E-state index contributed by atoms with van der Waals surface area (Å²) in [6, 6.07) is 7.67. The number of nitrogens with zero attached hydrogens (tertiary/aromatic N) is 1. The minimum atomic E-state index is -0.0853. The van der Waals surface area contributed by atoms with Crippen LogP contribution in [-0.2, 0) is 9.59 Å². The molecule has 5 nitrogen and oxygen atoms in total. The number of likely N-dealkylation sites (tertiary alicyclic amines) is 1. The molecule has 1 saturated heterocycles. The molecule has 0 spiro atoms. The number of aryl methyl sites for hydroxylation is 1. The maximum Gasteiger partial charge on any atom is 0.238 e. The number of rotatable bonds is 6. The summed E-state index contributed by atoms with van der Waals surface area (Å²) < 4.78 is 0. The quantitative estimate of drug-likeness (QED) is 0.781. The van der Waals surface area contributed by atoms with E-state index in [0.717, 1.165) is 37.2 Å². The first kappa shape index (κ1) is 15.5. The molecule has 5 heteroatoms. The minimum absolute atomic E-state index is 0.0853. The van der Waals surface area contributed by atoms with Crippen molar-refractivity contribution < 1.29 is 9.59 Å². The Morgan fingerprint density at radius 1 is 1.19 bits per heavy atom. The molecule has 21 heavy (non-hydrogen) atoms. The molecule has 1 fully saturated rings. The molecule has 0 aromatic heterocycles. The maximum atomic E-state index is 11.8. The van der Waals surface area contributed by atoms with Gasteiger partial charge in [-0.2, -0.15) is 0 Å². The number of carbonyl (C=O) groups is 2. The van der Waals surface area contributed by atoms with E-state index in [9.17, 15) is 9.59 Å². The highest BCUT2D eigenvalue weighted by Gasteiger charge is 2.17. The van der Waals surface area contributed by atoms with Gasteiger partial charge in [0.15, 0.2) is 0 Å². The zero-order valence-electron chi connectivity index (χ0n) is 12.5. The molecule has 2 N–H and O–H groups in total. The van der Waals surface area contributed by atoms with E-state index in [-0.39, 0.29) is 18.4 Å². The van der Waals surface area contributed by atoms with Crippen molar-refractivity contribution in [1.29, 1.82) is 0 Å². The third kappa shape index (κ3) is 4.86. The zero-order valence-corrected chi connectivity index (χ0v) is 12.5. The molecule has 0 bridgehead atoms. The number of para-hydroxylation sites is 1. The van der Waals surface area contributed by atoms with E-state index in [0.29, 0.717) is 13.0 Å². The third-order valence-corrected chi connectivity index (χ3v) is 3.68. The van der Waals surface area contributed by atoms with Crippen molar-refractivity contribution in [3.05, 3.63) is 29.8 Å². The van der Waals surface area contributed by atoms with E-state index in [1.807, 2.05) is 36.1 Å². The van der Waals surface area contributed by atoms with Gasteiger partial charge in [-0.15, -0.1) is 0 Å². The van der Waals surface area contributed by atoms with E-state index >= 15 is 0 Å². The SMILES string of the molecule is Cc1ccccc1NC(=O)CNCCC(=O)N1CCCC1. The van der Waals surface area contributed by atoms with Gasteiger partial charge >= 0.3 is 0 Å². The third-order valence-electron chi connectivity index (χ3n) is 3.68. The lowest BCUT2D eigenvalue weighted by Crippen LogP contribution is -2.33. The van der Waals surface area contributed by atoms with Crippen LogP contribution in [0, 0.1) is 6.92 Å². The first-order valence-electron chi connectivity index (χ1n) is 7.51. The minimum Gasteiger partial charge on any atom is -0.343 e. The number of anilines is 1. The maximum absolute atomic E-state index is 11.8. The van der Waals surface area contributed by atoms with Crippen molar-refractivity contribution in [3.8, 4) is 0 Å². The van der Waals surface area contributed by atoms with Crippen LogP contribution in [0.4, 0.5) is 5.69 Å². The molecule has 2 amide bonds. The fraction of sp³-hybridized carbons (Fsp3) is 0.500. The van der Waals surface area contributed by atoms with Gasteiger partial charge in [-0.25, -0.2) is 0 Å². The van der Waals surface area contributed by atoms with Gasteiger partial charge in [0.25, 0.3) is 0 Å². The first-order valence-corrected chi connectivity index (χ1v) is 7.51. The second-order valence-electron chi connectivity index (χ2n) is 5.38. The smallest absolute Gasteiger partial charge is 0.238 e. The van der Waals surface area contributed by atoms with Crippen molar-refractivity contribution in [2.75, 3.05) is 31.5 Å². The fourth-order valence-electron chi connectivity index (χ4n) is 2.43. The Bertz CT molecular complexity index is 496. The fourth-order valence-corrected chi connectivity index (χ4v) is 2.43. The van der Waals surface area contributed by atoms with E-state index in [1.165, 1.54) is 0 Å². The van der Waals surface area contributed by atoms with E-state index < -0.39 is 0 Å². The second kappa shape index (κ2) is 7.78. The van der Waals surface area contributed by atoms with E-state index in [4.69, 9.17) is 0 Å². The number of amides is 2. The zero-order chi connectivity index (χ0) is 15.1. The molecule has 0 atom stereocenters. The van der Waals surface area contributed by atoms with Gasteiger partial charge in [0.05, 0.1) is 6.54 Å². The summed E-state index contributed by atoms with van der Waals surface area (Å²) in [6.07, 6.45) is 2.67. The van der Waals surface area contributed by atoms with Crippen LogP contribution < -0.4 is 10.6 Å². The molecule has 1 aliphatic heterocycles. The van der Waals surface area contributed by atoms with Gasteiger partial charge in [-0.3, -0.25) is 9.59 Å². The summed E-state index contributed by atoms with van der Waals surface area (Å²) >= 11 is 0. The molecule has 0 aliphatic carbocycles. The summed E-state index contributed by atoms with van der Waals surface area (Å²) in [5.41, 5.74) is 1.87. The van der Waals surface area contributed by atoms with Crippen LogP contribution in [0.25, 0.3) is 0 Å². The molecule has 114 valence electrons.